The molecule has 1 aromatic carbocycles. The van der Waals surface area contributed by atoms with E-state index in [2.05, 4.69) is 0 Å². The van der Waals surface area contributed by atoms with Crippen molar-refractivity contribution in [3.05, 3.63) is 35.9 Å². The Morgan fingerprint density at radius 1 is 1.25 bits per heavy atom. The number of nitrogens with zero attached hydrogens (tertiary/aromatic N) is 1. The third kappa shape index (κ3) is 4.89. The molecule has 0 aliphatic heterocycles. The van der Waals surface area contributed by atoms with E-state index in [9.17, 15) is 9.59 Å². The van der Waals surface area contributed by atoms with Crippen molar-refractivity contribution >= 4 is 23.6 Å². The zero-order valence-electron chi connectivity index (χ0n) is 11.3. The fourth-order valence-electron chi connectivity index (χ4n) is 2.03. The molecule has 0 atom stereocenters. The molecule has 1 fully saturated rings. The number of amides is 1. The van der Waals surface area contributed by atoms with Gasteiger partial charge in [0.05, 0.1) is 12.2 Å². The van der Waals surface area contributed by atoms with Crippen LogP contribution in [-0.2, 0) is 15.3 Å². The SMILES string of the molecule is O=C(O)CCN(C(=O)CSCc1ccccc1)C1CC1. The second-order valence-corrected chi connectivity index (χ2v) is 5.93. The van der Waals surface area contributed by atoms with Gasteiger partial charge in [-0.05, 0) is 18.4 Å². The first-order valence-electron chi connectivity index (χ1n) is 6.80. The van der Waals surface area contributed by atoms with Crippen LogP contribution < -0.4 is 0 Å². The summed E-state index contributed by atoms with van der Waals surface area (Å²) in [5.41, 5.74) is 1.20. The summed E-state index contributed by atoms with van der Waals surface area (Å²) >= 11 is 1.58. The minimum atomic E-state index is -0.847. The molecule has 0 heterocycles. The van der Waals surface area contributed by atoms with Gasteiger partial charge in [0.1, 0.15) is 0 Å². The van der Waals surface area contributed by atoms with Crippen molar-refractivity contribution in [2.45, 2.75) is 31.1 Å². The third-order valence-corrected chi connectivity index (χ3v) is 4.20. The lowest BCUT2D eigenvalue weighted by atomic mass is 10.2. The molecule has 2 rings (SSSR count). The molecular weight excluding hydrogens is 274 g/mol. The molecule has 0 saturated heterocycles. The maximum Gasteiger partial charge on any atom is 0.305 e. The highest BCUT2D eigenvalue weighted by molar-refractivity contribution is 7.99. The molecule has 0 bridgehead atoms. The van der Waals surface area contributed by atoms with E-state index in [0.29, 0.717) is 12.3 Å². The van der Waals surface area contributed by atoms with Crippen LogP contribution in [0, 0.1) is 0 Å². The molecular formula is C15H19NO3S. The predicted octanol–water partition coefficient (Wildman–Crippen LogP) is 2.39. The Bertz CT molecular complexity index is 459. The topological polar surface area (TPSA) is 57.6 Å². The molecule has 0 radical (unpaired) electrons. The van der Waals surface area contributed by atoms with Gasteiger partial charge in [-0.1, -0.05) is 30.3 Å². The van der Waals surface area contributed by atoms with E-state index in [1.807, 2.05) is 30.3 Å². The first-order chi connectivity index (χ1) is 9.66. The lowest BCUT2D eigenvalue weighted by Crippen LogP contribution is -2.36. The van der Waals surface area contributed by atoms with E-state index >= 15 is 0 Å². The first kappa shape index (κ1) is 14.9. The summed E-state index contributed by atoms with van der Waals surface area (Å²) in [6.07, 6.45) is 2.05. The zero-order valence-corrected chi connectivity index (χ0v) is 12.1. The second kappa shape index (κ2) is 7.33. The highest BCUT2D eigenvalue weighted by Crippen LogP contribution is 2.27. The number of aliphatic carboxylic acids is 1. The summed E-state index contributed by atoms with van der Waals surface area (Å²) in [6.45, 7) is 0.338. The molecule has 1 amide bonds. The van der Waals surface area contributed by atoms with E-state index in [0.717, 1.165) is 18.6 Å². The fraction of sp³-hybridized carbons (Fsp3) is 0.467. The number of benzene rings is 1. The van der Waals surface area contributed by atoms with Crippen LogP contribution >= 0.6 is 11.8 Å². The van der Waals surface area contributed by atoms with Crippen molar-refractivity contribution < 1.29 is 14.7 Å². The quantitative estimate of drug-likeness (QED) is 0.799. The number of carboxylic acids is 1. The van der Waals surface area contributed by atoms with Crippen molar-refractivity contribution in [2.75, 3.05) is 12.3 Å². The largest absolute Gasteiger partial charge is 0.481 e. The number of carbonyl (C=O) groups excluding carboxylic acids is 1. The van der Waals surface area contributed by atoms with Gasteiger partial charge in [-0.25, -0.2) is 0 Å². The highest BCUT2D eigenvalue weighted by Gasteiger charge is 2.32. The average Bonchev–Trinajstić information content (AvgIpc) is 3.24. The lowest BCUT2D eigenvalue weighted by Gasteiger charge is -2.21. The van der Waals surface area contributed by atoms with Gasteiger partial charge in [0.2, 0.25) is 5.91 Å². The Morgan fingerprint density at radius 2 is 1.95 bits per heavy atom. The molecule has 1 aromatic rings. The predicted molar refractivity (Wildman–Crippen MR) is 79.6 cm³/mol. The highest BCUT2D eigenvalue weighted by atomic mass is 32.2. The smallest absolute Gasteiger partial charge is 0.305 e. The van der Waals surface area contributed by atoms with E-state index in [4.69, 9.17) is 5.11 Å². The summed E-state index contributed by atoms with van der Waals surface area (Å²) in [5.74, 6) is 0.449. The molecule has 0 spiro atoms. The Hall–Kier alpha value is -1.49. The van der Waals surface area contributed by atoms with Gasteiger partial charge in [0.25, 0.3) is 0 Å². The number of carbonyl (C=O) groups is 2. The Balaban J connectivity index is 1.75. The van der Waals surface area contributed by atoms with Crippen LogP contribution in [0.1, 0.15) is 24.8 Å². The van der Waals surface area contributed by atoms with Crippen molar-refractivity contribution in [2.24, 2.45) is 0 Å². The van der Waals surface area contributed by atoms with Crippen LogP contribution in [-0.4, -0.2) is 40.2 Å². The van der Waals surface area contributed by atoms with Crippen LogP contribution in [0.15, 0.2) is 30.3 Å². The molecule has 5 heteroatoms. The molecule has 108 valence electrons. The molecule has 0 aromatic heterocycles. The molecule has 20 heavy (non-hydrogen) atoms. The number of rotatable bonds is 8. The summed E-state index contributed by atoms with van der Waals surface area (Å²) in [7, 11) is 0. The Morgan fingerprint density at radius 3 is 2.55 bits per heavy atom. The Labute approximate surface area is 123 Å². The average molecular weight is 293 g/mol. The Kier molecular flexibility index (Phi) is 5.47. The summed E-state index contributed by atoms with van der Waals surface area (Å²) in [4.78, 5) is 24.5. The van der Waals surface area contributed by atoms with Gasteiger partial charge in [-0.15, -0.1) is 11.8 Å². The van der Waals surface area contributed by atoms with Crippen LogP contribution in [0.2, 0.25) is 0 Å². The van der Waals surface area contributed by atoms with Gasteiger partial charge < -0.3 is 10.0 Å². The molecule has 4 nitrogen and oxygen atoms in total. The van der Waals surface area contributed by atoms with E-state index in [1.165, 1.54) is 5.56 Å². The standard InChI is InChI=1S/C15H19NO3S/c17-14(11-20-10-12-4-2-1-3-5-12)16(13-6-7-13)9-8-15(18)19/h1-5,13H,6-11H2,(H,18,19). The second-order valence-electron chi connectivity index (χ2n) is 4.94. The van der Waals surface area contributed by atoms with Gasteiger partial charge in [-0.2, -0.15) is 0 Å². The summed E-state index contributed by atoms with van der Waals surface area (Å²) in [5, 5.41) is 8.73. The monoisotopic (exact) mass is 293 g/mol. The van der Waals surface area contributed by atoms with Crippen LogP contribution in [0.25, 0.3) is 0 Å². The van der Waals surface area contributed by atoms with Gasteiger partial charge in [0, 0.05) is 18.3 Å². The van der Waals surface area contributed by atoms with Gasteiger partial charge in [0.15, 0.2) is 0 Å². The molecule has 1 aliphatic rings. The van der Waals surface area contributed by atoms with E-state index in [1.54, 1.807) is 16.7 Å². The maximum absolute atomic E-state index is 12.1. The van der Waals surface area contributed by atoms with Crippen molar-refractivity contribution in [3.8, 4) is 0 Å². The van der Waals surface area contributed by atoms with Gasteiger partial charge >= 0.3 is 5.97 Å². The molecule has 1 aliphatic carbocycles. The summed E-state index contributed by atoms with van der Waals surface area (Å²) < 4.78 is 0. The normalized spacial score (nSPS) is 14.0. The van der Waals surface area contributed by atoms with E-state index < -0.39 is 5.97 Å². The minimum absolute atomic E-state index is 0.0333. The van der Waals surface area contributed by atoms with Crippen LogP contribution in [0.3, 0.4) is 0 Å². The summed E-state index contributed by atoms with van der Waals surface area (Å²) in [6, 6.07) is 10.3. The number of thioether (sulfide) groups is 1. The minimum Gasteiger partial charge on any atom is -0.481 e. The van der Waals surface area contributed by atoms with Crippen molar-refractivity contribution in [3.63, 3.8) is 0 Å². The molecule has 1 N–H and O–H groups in total. The maximum atomic E-state index is 12.1. The van der Waals surface area contributed by atoms with Crippen LogP contribution in [0.4, 0.5) is 0 Å². The fourth-order valence-corrected chi connectivity index (χ4v) is 2.90. The molecule has 0 unspecified atom stereocenters. The van der Waals surface area contributed by atoms with E-state index in [-0.39, 0.29) is 18.4 Å². The third-order valence-electron chi connectivity index (χ3n) is 3.21. The van der Waals surface area contributed by atoms with Gasteiger partial charge in [-0.3, -0.25) is 9.59 Å². The number of hydrogen-bond donors (Lipinski definition) is 1. The number of carboxylic acid groups (broad SMARTS) is 1. The molecule has 1 saturated carbocycles. The zero-order chi connectivity index (χ0) is 14.4. The van der Waals surface area contributed by atoms with Crippen molar-refractivity contribution in [1.29, 1.82) is 0 Å². The number of hydrogen-bond acceptors (Lipinski definition) is 3. The first-order valence-corrected chi connectivity index (χ1v) is 7.95. The van der Waals surface area contributed by atoms with Crippen molar-refractivity contribution in [1.82, 2.24) is 4.90 Å². The lowest BCUT2D eigenvalue weighted by molar-refractivity contribution is -0.138. The van der Waals surface area contributed by atoms with Crippen LogP contribution in [0.5, 0.6) is 0 Å².